The Morgan fingerprint density at radius 3 is 2.82 bits per heavy atom. The molecule has 0 unspecified atom stereocenters. The molecule has 1 saturated carbocycles. The van der Waals surface area contributed by atoms with E-state index in [2.05, 4.69) is 50.5 Å². The third-order valence-electron chi connectivity index (χ3n) is 7.45. The van der Waals surface area contributed by atoms with Gasteiger partial charge in [0, 0.05) is 30.3 Å². The number of nitrogens with one attached hydrogen (secondary N) is 1. The number of nitrogens with zero attached hydrogens (tertiary/aromatic N) is 5. The van der Waals surface area contributed by atoms with Crippen molar-refractivity contribution >= 4 is 10.9 Å². The van der Waals surface area contributed by atoms with Crippen molar-refractivity contribution in [1.82, 2.24) is 30.1 Å². The van der Waals surface area contributed by atoms with E-state index in [-0.39, 0.29) is 17.7 Å². The van der Waals surface area contributed by atoms with Crippen LogP contribution < -0.4 is 5.56 Å². The van der Waals surface area contributed by atoms with Crippen LogP contribution in [-0.2, 0) is 17.8 Å². The van der Waals surface area contributed by atoms with Crippen molar-refractivity contribution < 1.29 is 4.74 Å². The summed E-state index contributed by atoms with van der Waals surface area (Å²) in [6, 6.07) is 8.78. The fraction of sp³-hybridized carbons (Fsp3) is 0.615. The molecule has 1 N–H and O–H groups in total. The van der Waals surface area contributed by atoms with Gasteiger partial charge in [-0.3, -0.25) is 9.69 Å². The van der Waals surface area contributed by atoms with Gasteiger partial charge in [0.2, 0.25) is 0 Å². The van der Waals surface area contributed by atoms with Crippen LogP contribution in [-0.4, -0.2) is 48.8 Å². The zero-order chi connectivity index (χ0) is 23.5. The van der Waals surface area contributed by atoms with E-state index in [0.717, 1.165) is 73.0 Å². The van der Waals surface area contributed by atoms with E-state index in [1.54, 1.807) is 0 Å². The van der Waals surface area contributed by atoms with Gasteiger partial charge in [-0.2, -0.15) is 0 Å². The summed E-state index contributed by atoms with van der Waals surface area (Å²) in [6.07, 6.45) is 9.06. The maximum atomic E-state index is 13.1. The van der Waals surface area contributed by atoms with Gasteiger partial charge in [0.15, 0.2) is 5.82 Å². The molecule has 2 fully saturated rings. The normalized spacial score (nSPS) is 20.0. The molecule has 2 aromatic heterocycles. The second-order valence-corrected chi connectivity index (χ2v) is 9.98. The quantitative estimate of drug-likeness (QED) is 0.508. The van der Waals surface area contributed by atoms with Crippen LogP contribution in [0.4, 0.5) is 0 Å². The summed E-state index contributed by atoms with van der Waals surface area (Å²) in [5.74, 6) is 0.900. The predicted octanol–water partition coefficient (Wildman–Crippen LogP) is 4.29. The predicted molar refractivity (Wildman–Crippen MR) is 132 cm³/mol. The summed E-state index contributed by atoms with van der Waals surface area (Å²) in [7, 11) is 0. The molecule has 3 aromatic rings. The molecule has 0 amide bonds. The Kier molecular flexibility index (Phi) is 7.06. The molecule has 0 spiro atoms. The van der Waals surface area contributed by atoms with Crippen molar-refractivity contribution in [1.29, 1.82) is 0 Å². The molecule has 34 heavy (non-hydrogen) atoms. The molecule has 182 valence electrons. The maximum Gasteiger partial charge on any atom is 0.252 e. The zero-order valence-electron chi connectivity index (χ0n) is 20.4. The minimum Gasteiger partial charge on any atom is -0.376 e. The number of tetrazole rings is 1. The average molecular weight is 465 g/mol. The van der Waals surface area contributed by atoms with Gasteiger partial charge < -0.3 is 9.72 Å². The number of pyridine rings is 1. The van der Waals surface area contributed by atoms with E-state index in [0.29, 0.717) is 19.1 Å². The Hall–Kier alpha value is -2.58. The third kappa shape index (κ3) is 4.93. The van der Waals surface area contributed by atoms with Gasteiger partial charge in [0.25, 0.3) is 5.56 Å². The number of fused-ring (bicyclic) bond motifs is 1. The first-order chi connectivity index (χ1) is 16.6. The Morgan fingerprint density at radius 1 is 1.21 bits per heavy atom. The highest BCUT2D eigenvalue weighted by atomic mass is 16.5. The first-order valence-corrected chi connectivity index (χ1v) is 12.9. The molecular formula is C26H36N6O2. The standard InChI is InChI=1S/C26H36N6O2/c1-3-7-24(25-28-29-30-32(25)17-22-10-6-13-34-22)31(21-8-4-5-9-21)16-20-15-19-12-11-18(2)14-23(19)27-26(20)33/h11-12,14-15,21-22,24H,3-10,13,16-17H2,1-2H3,(H,27,33)/t22-,24+/m0/s1. The van der Waals surface area contributed by atoms with Crippen LogP contribution in [0.2, 0.25) is 0 Å². The van der Waals surface area contributed by atoms with E-state index in [1.165, 1.54) is 12.8 Å². The molecule has 5 rings (SSSR count). The van der Waals surface area contributed by atoms with E-state index < -0.39 is 0 Å². The molecule has 1 aliphatic carbocycles. The van der Waals surface area contributed by atoms with Crippen LogP contribution in [0.3, 0.4) is 0 Å². The van der Waals surface area contributed by atoms with Crippen LogP contribution >= 0.6 is 0 Å². The maximum absolute atomic E-state index is 13.1. The number of H-pyrrole nitrogens is 1. The van der Waals surface area contributed by atoms with Crippen molar-refractivity contribution in [2.75, 3.05) is 6.61 Å². The van der Waals surface area contributed by atoms with E-state index >= 15 is 0 Å². The van der Waals surface area contributed by atoms with Crippen molar-refractivity contribution in [2.45, 2.75) is 96.5 Å². The van der Waals surface area contributed by atoms with Crippen LogP contribution in [0.25, 0.3) is 10.9 Å². The SMILES string of the molecule is CCC[C@H](c1nnnn1C[C@@H]1CCCO1)N(Cc1cc2ccc(C)cc2[nH]c1=O)C1CCCC1. The first-order valence-electron chi connectivity index (χ1n) is 12.9. The summed E-state index contributed by atoms with van der Waals surface area (Å²) >= 11 is 0. The number of aromatic amines is 1. The summed E-state index contributed by atoms with van der Waals surface area (Å²) in [4.78, 5) is 18.7. The molecular weight excluding hydrogens is 428 g/mol. The lowest BCUT2D eigenvalue weighted by molar-refractivity contribution is 0.0828. The van der Waals surface area contributed by atoms with Crippen LogP contribution in [0.5, 0.6) is 0 Å². The monoisotopic (exact) mass is 464 g/mol. The van der Waals surface area contributed by atoms with Gasteiger partial charge in [-0.25, -0.2) is 4.68 Å². The average Bonchev–Trinajstić information content (AvgIpc) is 3.60. The molecule has 1 saturated heterocycles. The summed E-state index contributed by atoms with van der Waals surface area (Å²) in [5.41, 5.74) is 2.84. The lowest BCUT2D eigenvalue weighted by Gasteiger charge is -2.35. The number of ether oxygens (including phenoxy) is 1. The topological polar surface area (TPSA) is 88.9 Å². The minimum absolute atomic E-state index is 0.00436. The summed E-state index contributed by atoms with van der Waals surface area (Å²) in [6.45, 7) is 6.36. The van der Waals surface area contributed by atoms with Crippen molar-refractivity contribution in [2.24, 2.45) is 0 Å². The second-order valence-electron chi connectivity index (χ2n) is 9.98. The molecule has 1 aromatic carbocycles. The van der Waals surface area contributed by atoms with Crippen molar-refractivity contribution in [3.8, 4) is 0 Å². The fourth-order valence-corrected chi connectivity index (χ4v) is 5.68. The van der Waals surface area contributed by atoms with Crippen LogP contribution in [0, 0.1) is 6.92 Å². The van der Waals surface area contributed by atoms with E-state index in [9.17, 15) is 4.79 Å². The number of benzene rings is 1. The largest absolute Gasteiger partial charge is 0.376 e. The van der Waals surface area contributed by atoms with Gasteiger partial charge in [0.1, 0.15) is 0 Å². The lowest BCUT2D eigenvalue weighted by Crippen LogP contribution is -2.39. The minimum atomic E-state index is -0.00436. The highest BCUT2D eigenvalue weighted by Crippen LogP contribution is 2.34. The third-order valence-corrected chi connectivity index (χ3v) is 7.45. The lowest BCUT2D eigenvalue weighted by atomic mass is 10.0. The molecule has 8 nitrogen and oxygen atoms in total. The van der Waals surface area contributed by atoms with Crippen molar-refractivity contribution in [3.63, 3.8) is 0 Å². The second kappa shape index (κ2) is 10.4. The Bertz CT molecular complexity index is 1160. The van der Waals surface area contributed by atoms with Gasteiger partial charge in [-0.15, -0.1) is 5.10 Å². The van der Waals surface area contributed by atoms with Gasteiger partial charge in [-0.1, -0.05) is 38.3 Å². The molecule has 8 heteroatoms. The number of aryl methyl sites for hydroxylation is 1. The highest BCUT2D eigenvalue weighted by molar-refractivity contribution is 5.79. The Morgan fingerprint density at radius 2 is 2.06 bits per heavy atom. The van der Waals surface area contributed by atoms with Gasteiger partial charge >= 0.3 is 0 Å². The molecule has 2 aliphatic rings. The Balaban J connectivity index is 1.49. The zero-order valence-corrected chi connectivity index (χ0v) is 20.4. The number of hydrogen-bond acceptors (Lipinski definition) is 6. The van der Waals surface area contributed by atoms with Crippen molar-refractivity contribution in [3.05, 3.63) is 51.6 Å². The molecule has 1 aliphatic heterocycles. The smallest absolute Gasteiger partial charge is 0.252 e. The number of hydrogen-bond donors (Lipinski definition) is 1. The number of rotatable bonds is 9. The molecule has 0 radical (unpaired) electrons. The first kappa shape index (κ1) is 23.2. The molecule has 0 bridgehead atoms. The summed E-state index contributed by atoms with van der Waals surface area (Å²) in [5, 5.41) is 14.0. The fourth-order valence-electron chi connectivity index (χ4n) is 5.68. The number of aromatic nitrogens is 5. The van der Waals surface area contributed by atoms with Gasteiger partial charge in [-0.05, 0) is 72.5 Å². The van der Waals surface area contributed by atoms with Crippen LogP contribution in [0.15, 0.2) is 29.1 Å². The summed E-state index contributed by atoms with van der Waals surface area (Å²) < 4.78 is 7.82. The Labute approximate surface area is 200 Å². The van der Waals surface area contributed by atoms with Gasteiger partial charge in [0.05, 0.1) is 18.7 Å². The molecule has 2 atom stereocenters. The molecule has 3 heterocycles. The highest BCUT2D eigenvalue weighted by Gasteiger charge is 2.33. The van der Waals surface area contributed by atoms with E-state index in [4.69, 9.17) is 4.74 Å². The van der Waals surface area contributed by atoms with E-state index in [1.807, 2.05) is 17.7 Å². The van der Waals surface area contributed by atoms with Crippen LogP contribution in [0.1, 0.15) is 81.3 Å².